The van der Waals surface area contributed by atoms with Crippen LogP contribution >= 0.6 is 11.6 Å². The summed E-state index contributed by atoms with van der Waals surface area (Å²) < 4.78 is 13.7. The molecule has 3 aromatic rings. The summed E-state index contributed by atoms with van der Waals surface area (Å²) in [5, 5.41) is 3.01. The number of nitrogens with zero attached hydrogens (tertiary/aromatic N) is 1. The first-order chi connectivity index (χ1) is 15.2. The smallest absolute Gasteiger partial charge is 0.282 e. The Balaban J connectivity index is 1.86. The Morgan fingerprint density at radius 1 is 0.812 bits per heavy atom. The second-order valence-corrected chi connectivity index (χ2v) is 8.50. The van der Waals surface area contributed by atoms with E-state index in [2.05, 4.69) is 5.32 Å². The minimum atomic E-state index is -0.620. The van der Waals surface area contributed by atoms with Crippen molar-refractivity contribution in [1.82, 2.24) is 0 Å². The molecule has 0 saturated carbocycles. The lowest BCUT2D eigenvalue weighted by molar-refractivity contribution is -0.120. The van der Waals surface area contributed by atoms with Crippen molar-refractivity contribution in [3.05, 3.63) is 99.0 Å². The van der Waals surface area contributed by atoms with Gasteiger partial charge in [-0.1, -0.05) is 35.9 Å². The van der Waals surface area contributed by atoms with Gasteiger partial charge in [0.1, 0.15) is 11.5 Å². The number of imide groups is 1. The fraction of sp³-hybridized carbons (Fsp3) is 0.154. The topological polar surface area (TPSA) is 49.4 Å². The maximum Gasteiger partial charge on any atom is 0.282 e. The van der Waals surface area contributed by atoms with E-state index in [-0.39, 0.29) is 22.0 Å². The lowest BCUT2D eigenvalue weighted by atomic mass is 9.99. The van der Waals surface area contributed by atoms with Crippen LogP contribution in [0, 0.1) is 33.5 Å². The van der Waals surface area contributed by atoms with Gasteiger partial charge in [-0.2, -0.15) is 0 Å². The fourth-order valence-electron chi connectivity index (χ4n) is 3.86. The Morgan fingerprint density at radius 3 is 2.12 bits per heavy atom. The van der Waals surface area contributed by atoms with Gasteiger partial charge in [-0.3, -0.25) is 9.59 Å². The Morgan fingerprint density at radius 2 is 1.50 bits per heavy atom. The summed E-state index contributed by atoms with van der Waals surface area (Å²) in [7, 11) is 0. The van der Waals surface area contributed by atoms with Crippen LogP contribution in [0.25, 0.3) is 5.57 Å². The summed E-state index contributed by atoms with van der Waals surface area (Å²) in [5.41, 5.74) is 6.13. The Kier molecular flexibility index (Phi) is 5.61. The van der Waals surface area contributed by atoms with Gasteiger partial charge in [-0.25, -0.2) is 9.29 Å². The monoisotopic (exact) mass is 448 g/mol. The van der Waals surface area contributed by atoms with Crippen molar-refractivity contribution in [2.45, 2.75) is 27.7 Å². The highest BCUT2D eigenvalue weighted by atomic mass is 35.5. The molecule has 32 heavy (non-hydrogen) atoms. The Hall–Kier alpha value is -3.44. The third-order valence-electron chi connectivity index (χ3n) is 5.53. The molecule has 0 bridgehead atoms. The van der Waals surface area contributed by atoms with E-state index < -0.39 is 17.6 Å². The van der Waals surface area contributed by atoms with Crippen LogP contribution < -0.4 is 10.2 Å². The lowest BCUT2D eigenvalue weighted by Gasteiger charge is -2.16. The van der Waals surface area contributed by atoms with Gasteiger partial charge in [-0.15, -0.1) is 0 Å². The molecule has 0 radical (unpaired) electrons. The molecule has 0 saturated heterocycles. The van der Waals surface area contributed by atoms with E-state index in [0.29, 0.717) is 11.3 Å². The van der Waals surface area contributed by atoms with Gasteiger partial charge in [0.2, 0.25) is 0 Å². The van der Waals surface area contributed by atoms with Crippen LogP contribution in [0.5, 0.6) is 0 Å². The first kappa shape index (κ1) is 21.8. The molecule has 1 N–H and O–H groups in total. The van der Waals surface area contributed by atoms with E-state index in [9.17, 15) is 14.0 Å². The summed E-state index contributed by atoms with van der Waals surface area (Å²) in [6.07, 6.45) is 0. The molecule has 1 aliphatic rings. The van der Waals surface area contributed by atoms with Crippen molar-refractivity contribution >= 4 is 40.4 Å². The number of halogens is 2. The quantitative estimate of drug-likeness (QED) is 0.490. The van der Waals surface area contributed by atoms with Gasteiger partial charge in [0, 0.05) is 5.69 Å². The molecule has 3 aromatic carbocycles. The predicted octanol–water partition coefficient (Wildman–Crippen LogP) is 6.11. The maximum absolute atomic E-state index is 13.7. The molecule has 0 unspecified atom stereocenters. The normalized spacial score (nSPS) is 13.9. The summed E-state index contributed by atoms with van der Waals surface area (Å²) >= 11 is 5.93. The summed E-state index contributed by atoms with van der Waals surface area (Å²) in [6.45, 7) is 7.86. The van der Waals surface area contributed by atoms with Gasteiger partial charge in [0.15, 0.2) is 0 Å². The van der Waals surface area contributed by atoms with E-state index in [0.717, 1.165) is 33.2 Å². The molecular weight excluding hydrogens is 427 g/mol. The minimum Gasteiger partial charge on any atom is -0.350 e. The first-order valence-electron chi connectivity index (χ1n) is 10.2. The van der Waals surface area contributed by atoms with Gasteiger partial charge in [0.25, 0.3) is 11.8 Å². The molecule has 0 aliphatic carbocycles. The zero-order chi connectivity index (χ0) is 23.2. The number of hydrogen-bond donors (Lipinski definition) is 1. The molecule has 4 nitrogen and oxygen atoms in total. The molecule has 6 heteroatoms. The van der Waals surface area contributed by atoms with Crippen LogP contribution in [0.2, 0.25) is 5.02 Å². The number of hydrogen-bond acceptors (Lipinski definition) is 3. The van der Waals surface area contributed by atoms with Crippen LogP contribution in [-0.4, -0.2) is 11.8 Å². The number of carbonyl (C=O) groups excluding carboxylic acids is 2. The maximum atomic E-state index is 13.7. The summed E-state index contributed by atoms with van der Waals surface area (Å²) in [4.78, 5) is 28.0. The van der Waals surface area contributed by atoms with Crippen molar-refractivity contribution < 1.29 is 14.0 Å². The average Bonchev–Trinajstić information content (AvgIpc) is 2.95. The van der Waals surface area contributed by atoms with Crippen LogP contribution in [0.1, 0.15) is 27.8 Å². The molecule has 162 valence electrons. The summed E-state index contributed by atoms with van der Waals surface area (Å²) in [5.74, 6) is -1.64. The van der Waals surface area contributed by atoms with E-state index in [1.54, 1.807) is 0 Å². The molecule has 1 heterocycles. The zero-order valence-electron chi connectivity index (χ0n) is 18.2. The molecule has 1 aliphatic heterocycles. The Bertz CT molecular complexity index is 1290. The number of benzene rings is 3. The average molecular weight is 449 g/mol. The van der Waals surface area contributed by atoms with Crippen molar-refractivity contribution in [2.75, 3.05) is 10.2 Å². The third kappa shape index (κ3) is 3.92. The van der Waals surface area contributed by atoms with Gasteiger partial charge >= 0.3 is 0 Å². The molecular formula is C26H22ClFN2O2. The minimum absolute atomic E-state index is 0.161. The molecule has 0 atom stereocenters. The van der Waals surface area contributed by atoms with Crippen LogP contribution in [0.15, 0.2) is 60.3 Å². The van der Waals surface area contributed by atoms with E-state index in [4.69, 9.17) is 11.6 Å². The van der Waals surface area contributed by atoms with E-state index in [1.807, 2.05) is 64.1 Å². The predicted molar refractivity (Wildman–Crippen MR) is 126 cm³/mol. The highest BCUT2D eigenvalue weighted by molar-refractivity contribution is 6.46. The van der Waals surface area contributed by atoms with Crippen LogP contribution in [0.3, 0.4) is 0 Å². The standard InChI is InChI=1S/C26H22ClFN2O2/c1-14-9-15(2)11-19(10-14)29-24-23(18-6-5-16(3)17(4)12-18)25(31)30(26(24)32)20-7-8-22(28)21(27)13-20/h5-13,29H,1-4H3. The largest absolute Gasteiger partial charge is 0.350 e. The van der Waals surface area contributed by atoms with E-state index >= 15 is 0 Å². The van der Waals surface area contributed by atoms with Crippen molar-refractivity contribution in [2.24, 2.45) is 0 Å². The number of anilines is 2. The van der Waals surface area contributed by atoms with Crippen molar-refractivity contribution in [1.29, 1.82) is 0 Å². The van der Waals surface area contributed by atoms with Crippen LogP contribution in [-0.2, 0) is 9.59 Å². The van der Waals surface area contributed by atoms with Crippen molar-refractivity contribution in [3.8, 4) is 0 Å². The second kappa shape index (κ2) is 8.24. The zero-order valence-corrected chi connectivity index (χ0v) is 19.0. The number of carbonyl (C=O) groups is 2. The van der Waals surface area contributed by atoms with Gasteiger partial charge < -0.3 is 5.32 Å². The summed E-state index contributed by atoms with van der Waals surface area (Å²) in [6, 6.07) is 15.3. The molecule has 0 fully saturated rings. The van der Waals surface area contributed by atoms with Gasteiger partial charge in [-0.05, 0) is 85.8 Å². The number of amides is 2. The second-order valence-electron chi connectivity index (χ2n) is 8.09. The molecule has 0 aromatic heterocycles. The Labute approximate surface area is 191 Å². The molecule has 4 rings (SSSR count). The number of nitrogens with one attached hydrogen (secondary N) is 1. The van der Waals surface area contributed by atoms with E-state index in [1.165, 1.54) is 12.1 Å². The first-order valence-corrected chi connectivity index (χ1v) is 10.5. The number of aryl methyl sites for hydroxylation is 4. The highest BCUT2D eigenvalue weighted by Crippen LogP contribution is 2.35. The van der Waals surface area contributed by atoms with Gasteiger partial charge in [0.05, 0.1) is 16.3 Å². The molecule has 2 amide bonds. The SMILES string of the molecule is Cc1cc(C)cc(NC2=C(c3ccc(C)c(C)c3)C(=O)N(c3ccc(F)c(Cl)c3)C2=O)c1. The van der Waals surface area contributed by atoms with Crippen LogP contribution in [0.4, 0.5) is 15.8 Å². The molecule has 0 spiro atoms. The third-order valence-corrected chi connectivity index (χ3v) is 5.82. The van der Waals surface area contributed by atoms with Crippen molar-refractivity contribution in [3.63, 3.8) is 0 Å². The lowest BCUT2D eigenvalue weighted by Crippen LogP contribution is -2.32. The fourth-order valence-corrected chi connectivity index (χ4v) is 4.04. The number of rotatable bonds is 4. The highest BCUT2D eigenvalue weighted by Gasteiger charge is 2.40.